The van der Waals surface area contributed by atoms with Crippen molar-refractivity contribution in [2.75, 3.05) is 7.05 Å². The Labute approximate surface area is 145 Å². The van der Waals surface area contributed by atoms with E-state index in [2.05, 4.69) is 40.5 Å². The normalized spacial score (nSPS) is 11.9. The van der Waals surface area contributed by atoms with Gasteiger partial charge in [0.2, 0.25) is 0 Å². The molecule has 0 atom stereocenters. The molecule has 0 amide bonds. The fourth-order valence-corrected chi connectivity index (χ4v) is 3.43. The molecular weight excluding hydrogens is 320 g/mol. The Balaban J connectivity index is 1.62. The molecule has 1 aromatic carbocycles. The van der Waals surface area contributed by atoms with Crippen LogP contribution < -0.4 is 10.6 Å². The summed E-state index contributed by atoms with van der Waals surface area (Å²) in [5.41, 5.74) is 3.18. The standard InChI is InChI=1S/C18H22N4OS/c1-11-14-7-5-6-8-15(14)23-16(11)9-20-18(19-4)21-10-17-22-12(2)13(3)24-17/h5-8H,9-10H2,1-4H3,(H2,19,20,21). The molecule has 126 valence electrons. The number of aromatic nitrogens is 1. The van der Waals surface area contributed by atoms with E-state index in [1.165, 1.54) is 10.4 Å². The number of nitrogens with zero attached hydrogens (tertiary/aromatic N) is 2. The zero-order valence-corrected chi connectivity index (χ0v) is 15.3. The minimum absolute atomic E-state index is 0.593. The Morgan fingerprint density at radius 3 is 2.58 bits per heavy atom. The van der Waals surface area contributed by atoms with Crippen molar-refractivity contribution in [1.82, 2.24) is 15.6 Å². The molecule has 5 nitrogen and oxygen atoms in total. The number of aryl methyl sites for hydroxylation is 3. The third kappa shape index (κ3) is 3.43. The molecule has 2 aromatic heterocycles. The van der Waals surface area contributed by atoms with Gasteiger partial charge in [0.05, 0.1) is 18.8 Å². The molecule has 0 saturated carbocycles. The van der Waals surface area contributed by atoms with Crippen LogP contribution in [0, 0.1) is 20.8 Å². The van der Waals surface area contributed by atoms with Gasteiger partial charge >= 0.3 is 0 Å². The summed E-state index contributed by atoms with van der Waals surface area (Å²) in [6.07, 6.45) is 0. The molecule has 0 unspecified atom stereocenters. The number of benzene rings is 1. The van der Waals surface area contributed by atoms with Gasteiger partial charge in [-0.2, -0.15) is 0 Å². The van der Waals surface area contributed by atoms with E-state index in [-0.39, 0.29) is 0 Å². The van der Waals surface area contributed by atoms with Crippen molar-refractivity contribution in [2.24, 2.45) is 4.99 Å². The molecule has 2 N–H and O–H groups in total. The van der Waals surface area contributed by atoms with Crippen LogP contribution in [0.4, 0.5) is 0 Å². The first-order valence-electron chi connectivity index (χ1n) is 7.93. The Kier molecular flexibility index (Phi) is 4.85. The predicted molar refractivity (Wildman–Crippen MR) is 99.6 cm³/mol. The Morgan fingerprint density at radius 1 is 1.17 bits per heavy atom. The smallest absolute Gasteiger partial charge is 0.191 e. The number of aliphatic imine (C=N–C) groups is 1. The van der Waals surface area contributed by atoms with Gasteiger partial charge < -0.3 is 15.1 Å². The summed E-state index contributed by atoms with van der Waals surface area (Å²) in [6.45, 7) is 7.47. The van der Waals surface area contributed by atoms with Crippen LogP contribution in [0.3, 0.4) is 0 Å². The lowest BCUT2D eigenvalue weighted by molar-refractivity contribution is 0.534. The number of fused-ring (bicyclic) bond motifs is 1. The van der Waals surface area contributed by atoms with Gasteiger partial charge in [0.15, 0.2) is 5.96 Å². The average molecular weight is 342 g/mol. The monoisotopic (exact) mass is 342 g/mol. The van der Waals surface area contributed by atoms with Crippen LogP contribution in [-0.2, 0) is 13.1 Å². The first kappa shape index (κ1) is 16.5. The molecule has 0 saturated heterocycles. The lowest BCUT2D eigenvalue weighted by Gasteiger charge is -2.10. The van der Waals surface area contributed by atoms with Gasteiger partial charge in [0.1, 0.15) is 16.4 Å². The average Bonchev–Trinajstić information content (AvgIpc) is 3.08. The second-order valence-electron chi connectivity index (χ2n) is 5.67. The number of para-hydroxylation sites is 1. The van der Waals surface area contributed by atoms with E-state index in [4.69, 9.17) is 4.42 Å². The second kappa shape index (κ2) is 7.05. The van der Waals surface area contributed by atoms with Crippen LogP contribution in [0.15, 0.2) is 33.7 Å². The number of rotatable bonds is 4. The topological polar surface area (TPSA) is 62.5 Å². The number of thiazole rings is 1. The summed E-state index contributed by atoms with van der Waals surface area (Å²) >= 11 is 1.71. The SMILES string of the molecule is CN=C(NCc1nc(C)c(C)s1)NCc1oc2ccccc2c1C. The summed E-state index contributed by atoms with van der Waals surface area (Å²) in [7, 11) is 1.76. The maximum absolute atomic E-state index is 5.92. The van der Waals surface area contributed by atoms with Crippen molar-refractivity contribution in [3.8, 4) is 0 Å². The fourth-order valence-electron chi connectivity index (χ4n) is 2.55. The highest BCUT2D eigenvalue weighted by molar-refractivity contribution is 7.11. The molecular formula is C18H22N4OS. The van der Waals surface area contributed by atoms with Crippen molar-refractivity contribution < 1.29 is 4.42 Å². The summed E-state index contributed by atoms with van der Waals surface area (Å²) in [4.78, 5) is 10.1. The quantitative estimate of drug-likeness (QED) is 0.561. The molecule has 0 aliphatic heterocycles. The molecule has 6 heteroatoms. The number of hydrogen-bond donors (Lipinski definition) is 2. The van der Waals surface area contributed by atoms with Crippen molar-refractivity contribution in [3.63, 3.8) is 0 Å². The predicted octanol–water partition coefficient (Wildman–Crippen LogP) is 3.68. The van der Waals surface area contributed by atoms with Crippen LogP contribution >= 0.6 is 11.3 Å². The zero-order chi connectivity index (χ0) is 17.1. The van der Waals surface area contributed by atoms with Crippen molar-refractivity contribution in [3.05, 3.63) is 51.2 Å². The molecule has 0 fully saturated rings. The van der Waals surface area contributed by atoms with Gasteiger partial charge in [-0.1, -0.05) is 18.2 Å². The van der Waals surface area contributed by atoms with Crippen LogP contribution in [0.5, 0.6) is 0 Å². The van der Waals surface area contributed by atoms with Crippen LogP contribution in [0.25, 0.3) is 11.0 Å². The molecule has 0 bridgehead atoms. The van der Waals surface area contributed by atoms with E-state index in [0.29, 0.717) is 13.1 Å². The summed E-state index contributed by atoms with van der Waals surface area (Å²) < 4.78 is 5.92. The van der Waals surface area contributed by atoms with Gasteiger partial charge in [0.25, 0.3) is 0 Å². The third-order valence-corrected chi connectivity index (χ3v) is 5.14. The molecule has 0 radical (unpaired) electrons. The third-order valence-electron chi connectivity index (χ3n) is 4.06. The van der Waals surface area contributed by atoms with Crippen molar-refractivity contribution in [2.45, 2.75) is 33.9 Å². The van der Waals surface area contributed by atoms with Gasteiger partial charge in [-0.3, -0.25) is 4.99 Å². The number of hydrogen-bond acceptors (Lipinski definition) is 4. The Bertz CT molecular complexity index is 859. The number of guanidine groups is 1. The van der Waals surface area contributed by atoms with E-state index in [9.17, 15) is 0 Å². The van der Waals surface area contributed by atoms with E-state index in [0.717, 1.165) is 33.4 Å². The van der Waals surface area contributed by atoms with Crippen molar-refractivity contribution >= 4 is 28.3 Å². The largest absolute Gasteiger partial charge is 0.459 e. The van der Waals surface area contributed by atoms with E-state index in [1.54, 1.807) is 18.4 Å². The molecule has 3 rings (SSSR count). The lowest BCUT2D eigenvalue weighted by Crippen LogP contribution is -2.36. The van der Waals surface area contributed by atoms with Gasteiger partial charge in [0, 0.05) is 22.9 Å². The lowest BCUT2D eigenvalue weighted by atomic mass is 10.1. The van der Waals surface area contributed by atoms with Crippen LogP contribution in [0.2, 0.25) is 0 Å². The minimum atomic E-state index is 0.593. The Morgan fingerprint density at radius 2 is 1.92 bits per heavy atom. The zero-order valence-electron chi connectivity index (χ0n) is 14.4. The summed E-state index contributed by atoms with van der Waals surface area (Å²) in [5.74, 6) is 1.67. The summed E-state index contributed by atoms with van der Waals surface area (Å²) in [5, 5.41) is 8.82. The Hall–Kier alpha value is -2.34. The highest BCUT2D eigenvalue weighted by atomic mass is 32.1. The first-order chi connectivity index (χ1) is 11.6. The van der Waals surface area contributed by atoms with E-state index in [1.807, 2.05) is 25.1 Å². The molecule has 24 heavy (non-hydrogen) atoms. The van der Waals surface area contributed by atoms with Crippen molar-refractivity contribution in [1.29, 1.82) is 0 Å². The first-order valence-corrected chi connectivity index (χ1v) is 8.74. The van der Waals surface area contributed by atoms with Gasteiger partial charge in [-0.15, -0.1) is 11.3 Å². The van der Waals surface area contributed by atoms with Gasteiger partial charge in [-0.25, -0.2) is 4.98 Å². The number of furan rings is 1. The highest BCUT2D eigenvalue weighted by Crippen LogP contribution is 2.24. The second-order valence-corrected chi connectivity index (χ2v) is 6.96. The minimum Gasteiger partial charge on any atom is -0.459 e. The molecule has 0 spiro atoms. The van der Waals surface area contributed by atoms with E-state index >= 15 is 0 Å². The highest BCUT2D eigenvalue weighted by Gasteiger charge is 2.10. The number of nitrogens with one attached hydrogen (secondary N) is 2. The summed E-state index contributed by atoms with van der Waals surface area (Å²) in [6, 6.07) is 8.09. The fraction of sp³-hybridized carbons (Fsp3) is 0.333. The maximum atomic E-state index is 5.92. The van der Waals surface area contributed by atoms with Gasteiger partial charge in [-0.05, 0) is 26.8 Å². The van der Waals surface area contributed by atoms with Crippen LogP contribution in [0.1, 0.15) is 26.9 Å². The molecule has 2 heterocycles. The van der Waals surface area contributed by atoms with E-state index < -0.39 is 0 Å². The maximum Gasteiger partial charge on any atom is 0.191 e. The molecule has 3 aromatic rings. The molecule has 0 aliphatic carbocycles. The van der Waals surface area contributed by atoms with Crippen LogP contribution in [-0.4, -0.2) is 18.0 Å². The molecule has 0 aliphatic rings.